The van der Waals surface area contributed by atoms with E-state index < -0.39 is 0 Å². The van der Waals surface area contributed by atoms with Gasteiger partial charge in [0.1, 0.15) is 6.04 Å². The van der Waals surface area contributed by atoms with E-state index in [-0.39, 0.29) is 0 Å². The van der Waals surface area contributed by atoms with Gasteiger partial charge in [0.05, 0.1) is 5.69 Å². The van der Waals surface area contributed by atoms with Crippen LogP contribution in [-0.4, -0.2) is 0 Å². The zero-order valence-corrected chi connectivity index (χ0v) is 9.38. The van der Waals surface area contributed by atoms with Crippen molar-refractivity contribution in [2.45, 2.75) is 0 Å². The quantitative estimate of drug-likeness (QED) is 0.838. The number of nitrogens with one attached hydrogen (secondary N) is 1. The van der Waals surface area contributed by atoms with Crippen molar-refractivity contribution in [3.63, 3.8) is 0 Å². The molecule has 0 spiro atoms. The molecule has 1 heterocycles. The molecule has 2 nitrogen and oxygen atoms in total. The largest absolute Gasteiger partial charge is 0.283 e. The summed E-state index contributed by atoms with van der Waals surface area (Å²) in [6.45, 7) is 0. The number of hydrogen-bond acceptors (Lipinski definition) is 2. The molecule has 0 aliphatic carbocycles. The van der Waals surface area contributed by atoms with Gasteiger partial charge in [-0.05, 0) is 23.8 Å². The molecular weight excluding hydrogens is 208 g/mol. The molecule has 0 atom stereocenters. The third-order valence-corrected chi connectivity index (χ3v) is 2.75. The lowest BCUT2D eigenvalue weighted by atomic mass is 10.1. The van der Waals surface area contributed by atoms with E-state index in [4.69, 9.17) is 0 Å². The highest BCUT2D eigenvalue weighted by Crippen LogP contribution is 2.22. The van der Waals surface area contributed by atoms with Crippen LogP contribution in [0.15, 0.2) is 72.9 Å². The molecule has 0 unspecified atom stereocenters. The second-order valence-electron chi connectivity index (χ2n) is 3.91. The average molecular weight is 221 g/mol. The second kappa shape index (κ2) is 4.44. The van der Waals surface area contributed by atoms with Crippen molar-refractivity contribution in [2.24, 2.45) is 0 Å². The fourth-order valence-corrected chi connectivity index (χ4v) is 1.87. The molecule has 0 saturated carbocycles. The lowest BCUT2D eigenvalue weighted by molar-refractivity contribution is 0.816. The molecule has 2 heteroatoms. The van der Waals surface area contributed by atoms with Crippen molar-refractivity contribution < 1.29 is 0 Å². The summed E-state index contributed by atoms with van der Waals surface area (Å²) in [6.07, 6.45) is 4.12. The molecular formula is C15H13N2. The van der Waals surface area contributed by atoms with Crippen molar-refractivity contribution in [1.29, 1.82) is 0 Å². The summed E-state index contributed by atoms with van der Waals surface area (Å²) in [4.78, 5) is 0. The second-order valence-corrected chi connectivity index (χ2v) is 3.91. The van der Waals surface area contributed by atoms with Gasteiger partial charge in [0, 0.05) is 6.20 Å². The minimum atomic E-state index is 1.12. The SMILES string of the molecule is C1=CN(c2ccccc2)N[C]1c1ccccc1. The zero-order chi connectivity index (χ0) is 11.5. The molecule has 0 fully saturated rings. The lowest BCUT2D eigenvalue weighted by Crippen LogP contribution is -2.31. The van der Waals surface area contributed by atoms with Crippen molar-refractivity contribution in [3.05, 3.63) is 84.5 Å². The monoisotopic (exact) mass is 221 g/mol. The summed E-state index contributed by atoms with van der Waals surface area (Å²) in [5.74, 6) is 0. The topological polar surface area (TPSA) is 15.3 Å². The molecule has 1 N–H and O–H groups in total. The van der Waals surface area contributed by atoms with Crippen LogP contribution in [-0.2, 0) is 0 Å². The third kappa shape index (κ3) is 2.08. The third-order valence-electron chi connectivity index (χ3n) is 2.75. The Balaban J connectivity index is 1.78. The average Bonchev–Trinajstić information content (AvgIpc) is 2.90. The van der Waals surface area contributed by atoms with E-state index in [9.17, 15) is 0 Å². The summed E-state index contributed by atoms with van der Waals surface area (Å²) in [7, 11) is 0. The Bertz CT molecular complexity index is 457. The molecule has 17 heavy (non-hydrogen) atoms. The molecule has 83 valence electrons. The molecule has 0 amide bonds. The van der Waals surface area contributed by atoms with E-state index in [0.29, 0.717) is 0 Å². The number of rotatable bonds is 2. The van der Waals surface area contributed by atoms with E-state index in [2.05, 4.69) is 35.8 Å². The van der Waals surface area contributed by atoms with E-state index >= 15 is 0 Å². The van der Waals surface area contributed by atoms with Crippen LogP contribution in [0.3, 0.4) is 0 Å². The molecule has 3 rings (SSSR count). The maximum atomic E-state index is 3.36. The molecule has 1 aliphatic heterocycles. The highest BCUT2D eigenvalue weighted by atomic mass is 15.5. The molecule has 1 radical (unpaired) electrons. The van der Waals surface area contributed by atoms with Gasteiger partial charge in [-0.2, -0.15) is 0 Å². The normalized spacial score (nSPS) is 15.4. The van der Waals surface area contributed by atoms with Gasteiger partial charge in [0.2, 0.25) is 0 Å². The summed E-state index contributed by atoms with van der Waals surface area (Å²) >= 11 is 0. The Morgan fingerprint density at radius 3 is 2.12 bits per heavy atom. The fraction of sp³-hybridized carbons (Fsp3) is 0. The molecule has 0 bridgehead atoms. The van der Waals surface area contributed by atoms with Crippen LogP contribution in [0.2, 0.25) is 0 Å². The fourth-order valence-electron chi connectivity index (χ4n) is 1.87. The van der Waals surface area contributed by atoms with Crippen LogP contribution in [0.5, 0.6) is 0 Å². The van der Waals surface area contributed by atoms with Crippen molar-refractivity contribution in [1.82, 2.24) is 5.43 Å². The maximum Gasteiger partial charge on any atom is 0.110 e. The number of benzene rings is 2. The first-order chi connectivity index (χ1) is 8.43. The molecule has 1 aliphatic rings. The number of hydrogen-bond donors (Lipinski definition) is 1. The van der Waals surface area contributed by atoms with Gasteiger partial charge in [-0.15, -0.1) is 0 Å². The predicted octanol–water partition coefficient (Wildman–Crippen LogP) is 3.11. The van der Waals surface area contributed by atoms with Gasteiger partial charge in [-0.25, -0.2) is 5.43 Å². The molecule has 0 aromatic heterocycles. The first-order valence-corrected chi connectivity index (χ1v) is 5.65. The van der Waals surface area contributed by atoms with E-state index in [1.165, 1.54) is 5.56 Å². The summed E-state index contributed by atoms with van der Waals surface area (Å²) in [6, 6.07) is 21.7. The van der Waals surface area contributed by atoms with E-state index in [1.54, 1.807) is 0 Å². The Morgan fingerprint density at radius 1 is 0.765 bits per heavy atom. The molecule has 2 aromatic rings. The predicted molar refractivity (Wildman–Crippen MR) is 70.0 cm³/mol. The van der Waals surface area contributed by atoms with Crippen LogP contribution in [0.1, 0.15) is 5.56 Å². The summed E-state index contributed by atoms with van der Waals surface area (Å²) in [5.41, 5.74) is 5.69. The highest BCUT2D eigenvalue weighted by molar-refractivity contribution is 5.53. The number of para-hydroxylation sites is 1. The van der Waals surface area contributed by atoms with Crippen LogP contribution in [0, 0.1) is 6.04 Å². The minimum absolute atomic E-state index is 1.12. The standard InChI is InChI=1S/C15H13N2/c1-3-7-13(8-4-1)15-11-12-17(16-15)14-9-5-2-6-10-14/h1-12,16H. The van der Waals surface area contributed by atoms with Crippen LogP contribution in [0.25, 0.3) is 0 Å². The van der Waals surface area contributed by atoms with Crippen LogP contribution >= 0.6 is 0 Å². The first-order valence-electron chi connectivity index (χ1n) is 5.65. The lowest BCUT2D eigenvalue weighted by Gasteiger charge is -2.19. The number of nitrogens with zero attached hydrogens (tertiary/aromatic N) is 1. The maximum absolute atomic E-state index is 3.36. The number of anilines is 1. The summed E-state index contributed by atoms with van der Waals surface area (Å²) < 4.78 is 0. The number of hydrazine groups is 1. The van der Waals surface area contributed by atoms with Gasteiger partial charge in [0.25, 0.3) is 0 Å². The Morgan fingerprint density at radius 2 is 1.41 bits per heavy atom. The smallest absolute Gasteiger partial charge is 0.110 e. The van der Waals surface area contributed by atoms with Gasteiger partial charge in [-0.1, -0.05) is 48.5 Å². The minimum Gasteiger partial charge on any atom is -0.283 e. The van der Waals surface area contributed by atoms with Gasteiger partial charge in [0.15, 0.2) is 0 Å². The zero-order valence-electron chi connectivity index (χ0n) is 9.38. The van der Waals surface area contributed by atoms with E-state index in [1.807, 2.05) is 47.6 Å². The van der Waals surface area contributed by atoms with Gasteiger partial charge in [-0.3, -0.25) is 5.01 Å². The Hall–Kier alpha value is -2.06. The molecule has 2 aromatic carbocycles. The van der Waals surface area contributed by atoms with Crippen LogP contribution < -0.4 is 10.4 Å². The summed E-state index contributed by atoms with van der Waals surface area (Å²) in [5, 5.41) is 2.02. The Kier molecular flexibility index (Phi) is 2.64. The first kappa shape index (κ1) is 10.1. The highest BCUT2D eigenvalue weighted by Gasteiger charge is 2.18. The van der Waals surface area contributed by atoms with Gasteiger partial charge >= 0.3 is 0 Å². The van der Waals surface area contributed by atoms with Crippen molar-refractivity contribution in [2.75, 3.05) is 5.01 Å². The van der Waals surface area contributed by atoms with Crippen molar-refractivity contribution in [3.8, 4) is 0 Å². The Labute approximate surface area is 101 Å². The van der Waals surface area contributed by atoms with Gasteiger partial charge < -0.3 is 0 Å². The van der Waals surface area contributed by atoms with Crippen molar-refractivity contribution >= 4 is 5.69 Å². The van der Waals surface area contributed by atoms with Crippen LogP contribution in [0.4, 0.5) is 5.69 Å². The molecule has 0 saturated heterocycles. The van der Waals surface area contributed by atoms with E-state index in [0.717, 1.165) is 11.7 Å².